The Morgan fingerprint density at radius 1 is 1.00 bits per heavy atom. The van der Waals surface area contributed by atoms with E-state index >= 15 is 0 Å². The molecule has 0 unspecified atom stereocenters. The molecule has 2 N–H and O–H groups in total. The highest BCUT2D eigenvalue weighted by Crippen LogP contribution is 2.18. The molecule has 7 heteroatoms. The van der Waals surface area contributed by atoms with Crippen LogP contribution >= 0.6 is 24.0 Å². The standard InChI is InChI=1S/C26H34N6.HI/c1-20-25(21(2)32(30-20)24-12-8-5-9-13-24)18-28-26(27-3)29-23-14-16-31(17-15-23)19-22-10-6-4-7-11-22;/h4-13,23H,14-19H2,1-3H3,(H2,27,28,29);1H. The molecule has 1 fully saturated rings. The van der Waals surface area contributed by atoms with Gasteiger partial charge in [0.15, 0.2) is 5.96 Å². The van der Waals surface area contributed by atoms with Gasteiger partial charge in [-0.05, 0) is 44.4 Å². The van der Waals surface area contributed by atoms with Gasteiger partial charge in [-0.15, -0.1) is 24.0 Å². The number of rotatable bonds is 6. The van der Waals surface area contributed by atoms with Gasteiger partial charge >= 0.3 is 0 Å². The Balaban J connectivity index is 0.00000306. The lowest BCUT2D eigenvalue weighted by Crippen LogP contribution is -2.48. The molecule has 0 spiro atoms. The molecule has 0 amide bonds. The molecule has 0 bridgehead atoms. The number of aryl methyl sites for hydroxylation is 1. The second kappa shape index (κ2) is 12.2. The van der Waals surface area contributed by atoms with Crippen LogP contribution in [0.3, 0.4) is 0 Å². The summed E-state index contributed by atoms with van der Waals surface area (Å²) >= 11 is 0. The summed E-state index contributed by atoms with van der Waals surface area (Å²) in [5.41, 5.74) is 5.89. The van der Waals surface area contributed by atoms with Gasteiger partial charge in [-0.3, -0.25) is 9.89 Å². The predicted molar refractivity (Wildman–Crippen MR) is 147 cm³/mol. The van der Waals surface area contributed by atoms with Crippen LogP contribution in [0, 0.1) is 13.8 Å². The normalized spacial score (nSPS) is 15.2. The van der Waals surface area contributed by atoms with Gasteiger partial charge in [-0.2, -0.15) is 5.10 Å². The summed E-state index contributed by atoms with van der Waals surface area (Å²) < 4.78 is 2.02. The minimum Gasteiger partial charge on any atom is -0.354 e. The van der Waals surface area contributed by atoms with Crippen molar-refractivity contribution in [3.05, 3.63) is 83.2 Å². The van der Waals surface area contributed by atoms with Crippen molar-refractivity contribution in [3.63, 3.8) is 0 Å². The number of aromatic nitrogens is 2. The van der Waals surface area contributed by atoms with E-state index in [0.717, 1.165) is 55.5 Å². The summed E-state index contributed by atoms with van der Waals surface area (Å²) in [6.07, 6.45) is 2.25. The molecule has 1 aromatic heterocycles. The number of nitrogens with zero attached hydrogens (tertiary/aromatic N) is 4. The smallest absolute Gasteiger partial charge is 0.191 e. The average molecular weight is 559 g/mol. The molecule has 6 nitrogen and oxygen atoms in total. The lowest BCUT2D eigenvalue weighted by atomic mass is 10.0. The van der Waals surface area contributed by atoms with Gasteiger partial charge in [-0.25, -0.2) is 4.68 Å². The van der Waals surface area contributed by atoms with Crippen LogP contribution in [0.25, 0.3) is 5.69 Å². The van der Waals surface area contributed by atoms with E-state index < -0.39 is 0 Å². The highest BCUT2D eigenvalue weighted by Gasteiger charge is 2.20. The van der Waals surface area contributed by atoms with Crippen molar-refractivity contribution in [3.8, 4) is 5.69 Å². The first-order valence-electron chi connectivity index (χ1n) is 11.5. The van der Waals surface area contributed by atoms with Crippen LogP contribution in [0.1, 0.15) is 35.4 Å². The Morgan fingerprint density at radius 3 is 2.27 bits per heavy atom. The van der Waals surface area contributed by atoms with Crippen LogP contribution in [0.5, 0.6) is 0 Å². The quantitative estimate of drug-likeness (QED) is 0.267. The van der Waals surface area contributed by atoms with Crippen molar-refractivity contribution in [2.45, 2.75) is 45.8 Å². The molecule has 0 aliphatic carbocycles. The highest BCUT2D eigenvalue weighted by molar-refractivity contribution is 14.0. The molecule has 1 aliphatic heterocycles. The summed E-state index contributed by atoms with van der Waals surface area (Å²) in [7, 11) is 1.84. The van der Waals surface area contributed by atoms with Crippen molar-refractivity contribution in [1.29, 1.82) is 0 Å². The largest absolute Gasteiger partial charge is 0.354 e. The maximum Gasteiger partial charge on any atom is 0.191 e. The van der Waals surface area contributed by atoms with Gasteiger partial charge in [0.25, 0.3) is 0 Å². The summed E-state index contributed by atoms with van der Waals surface area (Å²) in [5.74, 6) is 0.859. The number of para-hydroxylation sites is 1. The van der Waals surface area contributed by atoms with Gasteiger partial charge in [0.05, 0.1) is 11.4 Å². The second-order valence-electron chi connectivity index (χ2n) is 8.50. The maximum absolute atomic E-state index is 4.75. The second-order valence-corrected chi connectivity index (χ2v) is 8.50. The molecule has 1 saturated heterocycles. The van der Waals surface area contributed by atoms with Crippen molar-refractivity contribution in [2.24, 2.45) is 4.99 Å². The fourth-order valence-corrected chi connectivity index (χ4v) is 4.39. The van der Waals surface area contributed by atoms with Crippen molar-refractivity contribution < 1.29 is 0 Å². The van der Waals surface area contributed by atoms with Crippen molar-refractivity contribution >= 4 is 29.9 Å². The highest BCUT2D eigenvalue weighted by atomic mass is 127. The topological polar surface area (TPSA) is 57.5 Å². The summed E-state index contributed by atoms with van der Waals surface area (Å²) in [4.78, 5) is 7.00. The molecule has 2 aromatic carbocycles. The molecular weight excluding hydrogens is 523 g/mol. The number of halogens is 1. The molecule has 0 radical (unpaired) electrons. The minimum absolute atomic E-state index is 0. The van der Waals surface area contributed by atoms with Crippen LogP contribution in [0.2, 0.25) is 0 Å². The van der Waals surface area contributed by atoms with Gasteiger partial charge in [0.2, 0.25) is 0 Å². The Morgan fingerprint density at radius 2 is 1.64 bits per heavy atom. The Hall–Kier alpha value is -2.39. The Kier molecular flexibility index (Phi) is 9.31. The Bertz CT molecular complexity index is 1020. The van der Waals surface area contributed by atoms with E-state index in [-0.39, 0.29) is 24.0 Å². The first-order valence-corrected chi connectivity index (χ1v) is 11.5. The van der Waals surface area contributed by atoms with E-state index in [1.54, 1.807) is 0 Å². The van der Waals surface area contributed by atoms with Gasteiger partial charge in [0.1, 0.15) is 0 Å². The maximum atomic E-state index is 4.75. The fraction of sp³-hybridized carbons (Fsp3) is 0.385. The van der Waals surface area contributed by atoms with E-state index in [1.165, 1.54) is 11.1 Å². The van der Waals surface area contributed by atoms with Crippen molar-refractivity contribution in [2.75, 3.05) is 20.1 Å². The number of likely N-dealkylation sites (tertiary alicyclic amines) is 1. The van der Waals surface area contributed by atoms with E-state index in [0.29, 0.717) is 12.6 Å². The molecule has 0 saturated carbocycles. The van der Waals surface area contributed by atoms with Crippen LogP contribution < -0.4 is 10.6 Å². The zero-order valence-electron chi connectivity index (χ0n) is 19.8. The molecule has 1 aliphatic rings. The number of piperidine rings is 1. The number of benzene rings is 2. The first kappa shape index (κ1) is 25.2. The number of guanidine groups is 1. The van der Waals surface area contributed by atoms with Gasteiger partial charge in [0, 0.05) is 50.5 Å². The fourth-order valence-electron chi connectivity index (χ4n) is 4.39. The SMILES string of the molecule is CN=C(NCc1c(C)nn(-c2ccccc2)c1C)NC1CCN(Cc2ccccc2)CC1.I. The average Bonchev–Trinajstić information content (AvgIpc) is 3.12. The van der Waals surface area contributed by atoms with E-state index in [1.807, 2.05) is 29.9 Å². The lowest BCUT2D eigenvalue weighted by molar-refractivity contribution is 0.198. The minimum atomic E-state index is 0. The first-order chi connectivity index (χ1) is 15.6. The molecule has 3 aromatic rings. The van der Waals surface area contributed by atoms with Gasteiger partial charge in [-0.1, -0.05) is 48.5 Å². The summed E-state index contributed by atoms with van der Waals surface area (Å²) in [6, 6.07) is 21.5. The van der Waals surface area contributed by atoms with E-state index in [4.69, 9.17) is 5.10 Å². The molecule has 33 heavy (non-hydrogen) atoms. The zero-order valence-corrected chi connectivity index (χ0v) is 22.1. The monoisotopic (exact) mass is 558 g/mol. The predicted octanol–water partition coefficient (Wildman–Crippen LogP) is 4.44. The van der Waals surface area contributed by atoms with E-state index in [2.05, 4.69) is 76.8 Å². The number of aliphatic imine (C=N–C) groups is 1. The van der Waals surface area contributed by atoms with Crippen LogP contribution in [0.4, 0.5) is 0 Å². The van der Waals surface area contributed by atoms with Crippen molar-refractivity contribution in [1.82, 2.24) is 25.3 Å². The Labute approximate surface area is 214 Å². The van der Waals surface area contributed by atoms with Crippen LogP contribution in [0.15, 0.2) is 65.7 Å². The number of hydrogen-bond donors (Lipinski definition) is 2. The summed E-state index contributed by atoms with van der Waals surface area (Å²) in [6.45, 7) is 8.14. The summed E-state index contributed by atoms with van der Waals surface area (Å²) in [5, 5.41) is 11.9. The number of nitrogens with one attached hydrogen (secondary N) is 2. The lowest BCUT2D eigenvalue weighted by Gasteiger charge is -2.33. The molecular formula is C26H35IN6. The van der Waals surface area contributed by atoms with Crippen LogP contribution in [-0.4, -0.2) is 46.8 Å². The third-order valence-electron chi connectivity index (χ3n) is 6.28. The van der Waals surface area contributed by atoms with E-state index in [9.17, 15) is 0 Å². The number of hydrogen-bond acceptors (Lipinski definition) is 3. The third kappa shape index (κ3) is 6.57. The molecule has 2 heterocycles. The molecule has 4 rings (SSSR count). The molecule has 176 valence electrons. The molecule has 0 atom stereocenters. The van der Waals surface area contributed by atoms with Crippen LogP contribution in [-0.2, 0) is 13.1 Å². The third-order valence-corrected chi connectivity index (χ3v) is 6.28. The zero-order chi connectivity index (χ0) is 22.3. The van der Waals surface area contributed by atoms with Gasteiger partial charge < -0.3 is 10.6 Å².